The molecule has 94 valence electrons. The number of aryl methyl sites for hydroxylation is 1. The molecule has 17 heavy (non-hydrogen) atoms. The Morgan fingerprint density at radius 2 is 2.12 bits per heavy atom. The van der Waals surface area contributed by atoms with Crippen LogP contribution in [-0.2, 0) is 11.3 Å². The Bertz CT molecular complexity index is 458. The molecule has 1 amide bonds. The van der Waals surface area contributed by atoms with Gasteiger partial charge in [0.05, 0.1) is 6.54 Å². The van der Waals surface area contributed by atoms with Crippen molar-refractivity contribution < 1.29 is 9.53 Å². The summed E-state index contributed by atoms with van der Waals surface area (Å²) in [7, 11) is 0. The number of hydrogen-bond donors (Lipinski definition) is 2. The van der Waals surface area contributed by atoms with Crippen LogP contribution in [0.1, 0.15) is 31.9 Å². The number of aromatic nitrogens is 1. The van der Waals surface area contributed by atoms with Gasteiger partial charge in [-0.1, -0.05) is 0 Å². The van der Waals surface area contributed by atoms with E-state index in [1.54, 1.807) is 33.0 Å². The van der Waals surface area contributed by atoms with Crippen LogP contribution in [0.2, 0.25) is 0 Å². The number of alkyl carbamates (subject to hydrolysis) is 1. The molecule has 0 aliphatic carbocycles. The van der Waals surface area contributed by atoms with Crippen LogP contribution in [0.4, 0.5) is 4.79 Å². The van der Waals surface area contributed by atoms with Gasteiger partial charge in [0, 0.05) is 11.8 Å². The zero-order chi connectivity index (χ0) is 13.1. The van der Waals surface area contributed by atoms with E-state index in [1.807, 2.05) is 6.92 Å². The van der Waals surface area contributed by atoms with Crippen molar-refractivity contribution >= 4 is 6.09 Å². The quantitative estimate of drug-likeness (QED) is 0.823. The fourth-order valence-electron chi connectivity index (χ4n) is 1.30. The summed E-state index contributed by atoms with van der Waals surface area (Å²) >= 11 is 0. The molecule has 1 aromatic heterocycles. The van der Waals surface area contributed by atoms with Crippen LogP contribution >= 0.6 is 0 Å². The highest BCUT2D eigenvalue weighted by Crippen LogP contribution is 2.07. The summed E-state index contributed by atoms with van der Waals surface area (Å²) in [5.41, 5.74) is 0.645. The van der Waals surface area contributed by atoms with Gasteiger partial charge in [-0.2, -0.15) is 0 Å². The van der Waals surface area contributed by atoms with Gasteiger partial charge < -0.3 is 15.0 Å². The van der Waals surface area contributed by atoms with Crippen molar-refractivity contribution in [2.24, 2.45) is 0 Å². The number of ether oxygens (including phenoxy) is 1. The molecule has 0 radical (unpaired) electrons. The molecule has 0 aliphatic rings. The number of rotatable bonds is 2. The predicted molar refractivity (Wildman–Crippen MR) is 64.9 cm³/mol. The summed E-state index contributed by atoms with van der Waals surface area (Å²) in [5, 5.41) is 2.56. The first-order valence-electron chi connectivity index (χ1n) is 5.43. The van der Waals surface area contributed by atoms with Crippen molar-refractivity contribution in [1.82, 2.24) is 10.3 Å². The highest BCUT2D eigenvalue weighted by molar-refractivity contribution is 5.67. The molecular weight excluding hydrogens is 220 g/mol. The molecule has 0 bridgehead atoms. The average molecular weight is 238 g/mol. The van der Waals surface area contributed by atoms with Crippen molar-refractivity contribution in [1.29, 1.82) is 0 Å². The lowest BCUT2D eigenvalue weighted by Gasteiger charge is -2.19. The lowest BCUT2D eigenvalue weighted by atomic mass is 10.1. The van der Waals surface area contributed by atoms with Gasteiger partial charge in [0.15, 0.2) is 0 Å². The Morgan fingerprint density at radius 3 is 2.65 bits per heavy atom. The van der Waals surface area contributed by atoms with Gasteiger partial charge in [-0.25, -0.2) is 4.79 Å². The van der Waals surface area contributed by atoms with Gasteiger partial charge in [0.2, 0.25) is 0 Å². The molecule has 0 saturated heterocycles. The molecule has 0 saturated carbocycles. The maximum Gasteiger partial charge on any atom is 0.407 e. The third kappa shape index (κ3) is 4.30. The second kappa shape index (κ2) is 5.03. The van der Waals surface area contributed by atoms with Crippen molar-refractivity contribution in [2.45, 2.75) is 39.8 Å². The van der Waals surface area contributed by atoms with Crippen molar-refractivity contribution in [3.8, 4) is 0 Å². The fraction of sp³-hybridized carbons (Fsp3) is 0.500. The number of H-pyrrole nitrogens is 1. The zero-order valence-corrected chi connectivity index (χ0v) is 10.6. The molecule has 0 spiro atoms. The highest BCUT2D eigenvalue weighted by atomic mass is 16.6. The fourth-order valence-corrected chi connectivity index (χ4v) is 1.30. The first-order chi connectivity index (χ1) is 7.79. The minimum absolute atomic E-state index is 0.164. The number of carbonyl (C=O) groups excluding carboxylic acids is 1. The molecular formula is C12H18N2O3. The van der Waals surface area contributed by atoms with E-state index in [9.17, 15) is 9.59 Å². The third-order valence-corrected chi connectivity index (χ3v) is 2.11. The van der Waals surface area contributed by atoms with Crippen molar-refractivity contribution in [3.63, 3.8) is 0 Å². The lowest BCUT2D eigenvalue weighted by Crippen LogP contribution is -2.33. The van der Waals surface area contributed by atoms with E-state index in [1.165, 1.54) is 0 Å². The number of amides is 1. The molecule has 0 aromatic carbocycles. The first kappa shape index (κ1) is 13.3. The molecule has 0 aliphatic heterocycles. The molecule has 1 rings (SSSR count). The van der Waals surface area contributed by atoms with Gasteiger partial charge >= 0.3 is 6.09 Å². The number of pyridine rings is 1. The largest absolute Gasteiger partial charge is 0.444 e. The van der Waals surface area contributed by atoms with E-state index >= 15 is 0 Å². The van der Waals surface area contributed by atoms with Crippen LogP contribution in [0.5, 0.6) is 0 Å². The summed E-state index contributed by atoms with van der Waals surface area (Å²) in [6.45, 7) is 7.34. The topological polar surface area (TPSA) is 71.2 Å². The van der Waals surface area contributed by atoms with Crippen LogP contribution < -0.4 is 10.9 Å². The van der Waals surface area contributed by atoms with Gasteiger partial charge in [0.25, 0.3) is 5.56 Å². The Kier molecular flexibility index (Phi) is 3.93. The minimum Gasteiger partial charge on any atom is -0.444 e. The van der Waals surface area contributed by atoms with Crippen LogP contribution in [0.3, 0.4) is 0 Å². The monoisotopic (exact) mass is 238 g/mol. The summed E-state index contributed by atoms with van der Waals surface area (Å²) in [6.07, 6.45) is 1.05. The summed E-state index contributed by atoms with van der Waals surface area (Å²) < 4.78 is 5.08. The molecule has 1 heterocycles. The number of hydrogen-bond acceptors (Lipinski definition) is 3. The van der Waals surface area contributed by atoms with E-state index in [0.717, 1.165) is 5.56 Å². The average Bonchev–Trinajstić information content (AvgIpc) is 2.14. The molecule has 5 heteroatoms. The van der Waals surface area contributed by atoms with Gasteiger partial charge in [-0.15, -0.1) is 0 Å². The zero-order valence-electron chi connectivity index (χ0n) is 10.6. The van der Waals surface area contributed by atoms with E-state index in [-0.39, 0.29) is 12.1 Å². The lowest BCUT2D eigenvalue weighted by molar-refractivity contribution is 0.0523. The SMILES string of the molecule is Cc1cc[nH]c(=O)c1CNC(=O)OC(C)(C)C. The smallest absolute Gasteiger partial charge is 0.407 e. The van der Waals surface area contributed by atoms with Crippen molar-refractivity contribution in [3.05, 3.63) is 33.7 Å². The number of aromatic amines is 1. The molecule has 5 nitrogen and oxygen atoms in total. The van der Waals surface area contributed by atoms with Gasteiger partial charge in [0.1, 0.15) is 5.60 Å². The Morgan fingerprint density at radius 1 is 1.47 bits per heavy atom. The van der Waals surface area contributed by atoms with Crippen LogP contribution in [-0.4, -0.2) is 16.7 Å². The normalized spacial score (nSPS) is 11.1. The molecule has 0 fully saturated rings. The Labute approximate surface area is 100 Å². The van der Waals surface area contributed by atoms with Gasteiger partial charge in [-0.05, 0) is 39.3 Å². The van der Waals surface area contributed by atoms with E-state index < -0.39 is 11.7 Å². The van der Waals surface area contributed by atoms with E-state index in [4.69, 9.17) is 4.74 Å². The highest BCUT2D eigenvalue weighted by Gasteiger charge is 2.16. The van der Waals surface area contributed by atoms with Gasteiger partial charge in [-0.3, -0.25) is 4.79 Å². The van der Waals surface area contributed by atoms with Crippen LogP contribution in [0.25, 0.3) is 0 Å². The summed E-state index contributed by atoms with van der Waals surface area (Å²) in [5.74, 6) is 0. The summed E-state index contributed by atoms with van der Waals surface area (Å²) in [6, 6.07) is 1.79. The Balaban J connectivity index is 2.63. The predicted octanol–water partition coefficient (Wildman–Crippen LogP) is 1.71. The van der Waals surface area contributed by atoms with Crippen LogP contribution in [0.15, 0.2) is 17.1 Å². The Hall–Kier alpha value is -1.78. The molecule has 1 aromatic rings. The maximum atomic E-state index is 11.5. The maximum absolute atomic E-state index is 11.5. The summed E-state index contributed by atoms with van der Waals surface area (Å²) in [4.78, 5) is 25.5. The number of carbonyl (C=O) groups is 1. The first-order valence-corrected chi connectivity index (χ1v) is 5.43. The minimum atomic E-state index is -0.539. The molecule has 0 unspecified atom stereocenters. The van der Waals surface area contributed by atoms with Crippen LogP contribution in [0, 0.1) is 6.92 Å². The standard InChI is InChI=1S/C12H18N2O3/c1-8-5-6-13-10(15)9(8)7-14-11(16)17-12(2,3)4/h5-6H,7H2,1-4H3,(H,13,15)(H,14,16). The molecule has 2 N–H and O–H groups in total. The second-order valence-corrected chi connectivity index (χ2v) is 4.82. The van der Waals surface area contributed by atoms with Crippen molar-refractivity contribution in [2.75, 3.05) is 0 Å². The second-order valence-electron chi connectivity index (χ2n) is 4.82. The van der Waals surface area contributed by atoms with E-state index in [2.05, 4.69) is 10.3 Å². The van der Waals surface area contributed by atoms with E-state index in [0.29, 0.717) is 5.56 Å². The molecule has 0 atom stereocenters. The third-order valence-electron chi connectivity index (χ3n) is 2.11. The number of nitrogens with one attached hydrogen (secondary N) is 2.